The fourth-order valence-corrected chi connectivity index (χ4v) is 6.87. The fourth-order valence-electron chi connectivity index (χ4n) is 4.61. The summed E-state index contributed by atoms with van der Waals surface area (Å²) in [7, 11) is -10.8. The van der Waals surface area contributed by atoms with Gasteiger partial charge in [-0.2, -0.15) is 4.31 Å². The van der Waals surface area contributed by atoms with Crippen molar-refractivity contribution in [2.45, 2.75) is 50.8 Å². The summed E-state index contributed by atoms with van der Waals surface area (Å²) < 4.78 is 49.3. The van der Waals surface area contributed by atoms with Gasteiger partial charge in [-0.3, -0.25) is 18.6 Å². The Balaban J connectivity index is 1.16. The number of phosphoric acid groups is 2. The van der Waals surface area contributed by atoms with E-state index in [1.54, 1.807) is 30.3 Å². The number of nitrogens with two attached hydrogens (primary N) is 1. The third-order valence-corrected chi connectivity index (χ3v) is 10.1. The largest absolute Gasteiger partial charge is 0.481 e. The van der Waals surface area contributed by atoms with Gasteiger partial charge in [0.05, 0.1) is 25.3 Å². The summed E-state index contributed by atoms with van der Waals surface area (Å²) in [5.41, 5.74) is 4.93. The van der Waals surface area contributed by atoms with Gasteiger partial charge in [0.15, 0.2) is 11.5 Å². The number of hydrogen-bond acceptors (Lipinski definition) is 17. The number of nitrogen functional groups attached to an aromatic ring is 1. The topological polar surface area (TPSA) is 337 Å². The molecule has 0 bridgehead atoms. The zero-order valence-corrected chi connectivity index (χ0v) is 29.5. The van der Waals surface area contributed by atoms with Gasteiger partial charge in [0.1, 0.15) is 54.8 Å². The van der Waals surface area contributed by atoms with E-state index in [1.807, 2.05) is 0 Å². The van der Waals surface area contributed by atoms with Crippen molar-refractivity contribution < 1.29 is 71.5 Å². The Hall–Kier alpha value is -3.92. The molecule has 3 aromatic rings. The first-order valence-corrected chi connectivity index (χ1v) is 18.5. The van der Waals surface area contributed by atoms with Crippen LogP contribution in [0.3, 0.4) is 0 Å². The predicted molar refractivity (Wildman–Crippen MR) is 176 cm³/mol. The number of aliphatic hydroxyl groups is 3. The second-order valence-corrected chi connectivity index (χ2v) is 15.1. The number of amides is 2. The number of nitrogens with one attached hydrogen (secondary N) is 3. The first-order valence-electron chi connectivity index (χ1n) is 15.5. The van der Waals surface area contributed by atoms with Gasteiger partial charge in [-0.15, -0.1) is 0 Å². The molecular formula is C28H39N7O15P2. The molecule has 2 aromatic heterocycles. The molecule has 0 radical (unpaired) electrons. The second kappa shape index (κ2) is 17.3. The van der Waals surface area contributed by atoms with Crippen LogP contribution in [-0.2, 0) is 41.6 Å². The zero-order valence-electron chi connectivity index (χ0n) is 27.7. The highest BCUT2D eigenvalue weighted by Crippen LogP contribution is 2.61. The lowest BCUT2D eigenvalue weighted by Crippen LogP contribution is -2.46. The van der Waals surface area contributed by atoms with Crippen LogP contribution in [0.1, 0.15) is 42.6 Å². The third kappa shape index (κ3) is 11.0. The number of carbonyl (C=O) groups excluding carboxylic acids is 3. The van der Waals surface area contributed by atoms with Crippen LogP contribution in [0.2, 0.25) is 0 Å². The van der Waals surface area contributed by atoms with Crippen LogP contribution in [0.5, 0.6) is 0 Å². The summed E-state index contributed by atoms with van der Waals surface area (Å²) in [6, 6.07) is 8.25. The van der Waals surface area contributed by atoms with Gasteiger partial charge in [0.2, 0.25) is 11.8 Å². The molecule has 10 N–H and O–H groups in total. The van der Waals surface area contributed by atoms with Gasteiger partial charge < -0.3 is 55.9 Å². The molecule has 1 saturated heterocycles. The van der Waals surface area contributed by atoms with E-state index in [2.05, 4.69) is 34.9 Å². The average molecular weight is 776 g/mol. The number of imidazole rings is 1. The number of nitrogens with zero attached hydrogens (tertiary/aromatic N) is 3. The van der Waals surface area contributed by atoms with E-state index in [4.69, 9.17) is 24.3 Å². The molecule has 0 saturated carbocycles. The normalized spacial score (nSPS) is 21.9. The molecule has 0 spiro atoms. The van der Waals surface area contributed by atoms with E-state index in [9.17, 15) is 48.6 Å². The molecule has 22 nitrogen and oxygen atoms in total. The number of aromatic nitrogens is 4. The Bertz CT molecular complexity index is 1810. The summed E-state index contributed by atoms with van der Waals surface area (Å²) >= 11 is 0. The van der Waals surface area contributed by atoms with Gasteiger partial charge in [-0.25, -0.2) is 28.9 Å². The number of phosphoric ester groups is 2. The molecule has 52 heavy (non-hydrogen) atoms. The molecule has 1 aromatic carbocycles. The Labute approximate surface area is 295 Å². The number of carbonyl (C=O) groups is 3. The maximum Gasteiger partial charge on any atom is 0.481 e. The maximum absolute atomic E-state index is 12.5. The standard InChI is InChI=1S/C28H39N7O15P2/c1-28(2,22(39)26(40)31-9-8-17(36)30-10-11-46-27(41)15-6-4-3-5-7-15)13-48-52(44,45)50-51(42,43)47-12-16-19(37)20(38)21(49-16)25-34-18-23(29)32-14-33-24(18)35-25/h3-7,14,16,19-22,37-39H,8-13H2,1-2H3,(H,30,36)(H,31,40)(H,42,43)(H,44,45)(H3,29,32,33,34,35)/t16-,19+,20+,21-,22-/m0/s1. The minimum Gasteiger partial charge on any atom is -0.460 e. The monoisotopic (exact) mass is 775 g/mol. The molecule has 4 rings (SSSR count). The number of ether oxygens (including phenoxy) is 2. The molecule has 7 atom stereocenters. The summed E-state index contributed by atoms with van der Waals surface area (Å²) in [5, 5.41) is 36.2. The van der Waals surface area contributed by atoms with Gasteiger partial charge in [0.25, 0.3) is 0 Å². The number of H-pyrrole nitrogens is 1. The minimum atomic E-state index is -5.39. The van der Waals surface area contributed by atoms with Gasteiger partial charge in [-0.05, 0) is 12.1 Å². The molecule has 2 amide bonds. The number of rotatable bonds is 18. The highest BCUT2D eigenvalue weighted by molar-refractivity contribution is 7.61. The first-order chi connectivity index (χ1) is 24.4. The van der Waals surface area contributed by atoms with Crippen molar-refractivity contribution in [3.8, 4) is 0 Å². The summed E-state index contributed by atoms with van der Waals surface area (Å²) in [5.74, 6) is -1.94. The van der Waals surface area contributed by atoms with Crippen LogP contribution in [0.25, 0.3) is 11.2 Å². The van der Waals surface area contributed by atoms with Crippen molar-refractivity contribution in [2.24, 2.45) is 5.41 Å². The lowest BCUT2D eigenvalue weighted by atomic mass is 9.87. The van der Waals surface area contributed by atoms with Gasteiger partial charge >= 0.3 is 21.6 Å². The summed E-state index contributed by atoms with van der Waals surface area (Å²) in [4.78, 5) is 71.2. The Morgan fingerprint density at radius 2 is 1.73 bits per heavy atom. The minimum absolute atomic E-state index is 0.00726. The molecule has 1 aliphatic rings. The number of fused-ring (bicyclic) bond motifs is 1. The molecule has 3 heterocycles. The SMILES string of the molecule is CC(C)(COP(=O)(O)OP(=O)(O)OC[C@@H]1O[C@H](c2nc3ncnc(N)c3[nH]2)[C@H](O)[C@@H]1O)[C@@H](O)C(=O)NCCC(=O)NCCOC(=O)c1ccccc1. The van der Waals surface area contributed by atoms with E-state index < -0.39 is 82.6 Å². The average Bonchev–Trinajstić information content (AvgIpc) is 3.65. The van der Waals surface area contributed by atoms with Gasteiger partial charge in [-0.1, -0.05) is 32.0 Å². The van der Waals surface area contributed by atoms with Crippen molar-refractivity contribution in [3.05, 3.63) is 48.0 Å². The summed E-state index contributed by atoms with van der Waals surface area (Å²) in [6.45, 7) is 0.530. The number of hydrogen-bond donors (Lipinski definition) is 9. The molecule has 1 aliphatic heterocycles. The first kappa shape index (κ1) is 40.8. The van der Waals surface area contributed by atoms with Crippen molar-refractivity contribution in [2.75, 3.05) is 38.6 Å². The van der Waals surface area contributed by atoms with Crippen molar-refractivity contribution in [3.63, 3.8) is 0 Å². The quantitative estimate of drug-likeness (QED) is 0.0434. The summed E-state index contributed by atoms with van der Waals surface area (Å²) in [6.07, 6.45) is -6.87. The Kier molecular flexibility index (Phi) is 13.6. The van der Waals surface area contributed by atoms with Crippen LogP contribution in [-0.4, -0.2) is 120 Å². The number of anilines is 1. The molecule has 286 valence electrons. The number of esters is 1. The van der Waals surface area contributed by atoms with Crippen LogP contribution in [0, 0.1) is 5.41 Å². The van der Waals surface area contributed by atoms with Crippen LogP contribution >= 0.6 is 15.6 Å². The lowest BCUT2D eigenvalue weighted by Gasteiger charge is -2.30. The van der Waals surface area contributed by atoms with Gasteiger partial charge in [0, 0.05) is 18.4 Å². The zero-order chi connectivity index (χ0) is 38.3. The number of benzene rings is 1. The molecular weight excluding hydrogens is 736 g/mol. The van der Waals surface area contributed by atoms with E-state index in [0.29, 0.717) is 5.56 Å². The van der Waals surface area contributed by atoms with Crippen molar-refractivity contribution >= 4 is 50.4 Å². The Morgan fingerprint density at radius 1 is 1.04 bits per heavy atom. The van der Waals surface area contributed by atoms with E-state index in [0.717, 1.165) is 6.33 Å². The number of aliphatic hydroxyl groups excluding tert-OH is 3. The van der Waals surface area contributed by atoms with Crippen LogP contribution in [0.4, 0.5) is 5.82 Å². The van der Waals surface area contributed by atoms with Crippen molar-refractivity contribution in [1.82, 2.24) is 30.6 Å². The number of aromatic amines is 1. The molecule has 0 aliphatic carbocycles. The molecule has 1 fully saturated rings. The lowest BCUT2D eigenvalue weighted by molar-refractivity contribution is -0.137. The van der Waals surface area contributed by atoms with E-state index in [1.165, 1.54) is 13.8 Å². The highest BCUT2D eigenvalue weighted by atomic mass is 31.3. The molecule has 2 unspecified atom stereocenters. The smallest absolute Gasteiger partial charge is 0.460 e. The molecule has 24 heteroatoms. The van der Waals surface area contributed by atoms with E-state index in [-0.39, 0.29) is 48.9 Å². The predicted octanol–water partition coefficient (Wildman–Crippen LogP) is -0.786. The third-order valence-electron chi connectivity index (χ3n) is 7.48. The fraction of sp³-hybridized carbons (Fsp3) is 0.500. The van der Waals surface area contributed by atoms with E-state index >= 15 is 0 Å². The van der Waals surface area contributed by atoms with Crippen LogP contribution in [0.15, 0.2) is 36.7 Å². The Morgan fingerprint density at radius 3 is 2.42 bits per heavy atom. The maximum atomic E-state index is 12.5. The van der Waals surface area contributed by atoms with Crippen molar-refractivity contribution in [1.29, 1.82) is 0 Å². The van der Waals surface area contributed by atoms with Crippen LogP contribution < -0.4 is 16.4 Å². The second-order valence-electron chi connectivity index (χ2n) is 12.0. The highest BCUT2D eigenvalue weighted by Gasteiger charge is 2.47.